The lowest BCUT2D eigenvalue weighted by Gasteiger charge is -1.93. The van der Waals surface area contributed by atoms with Crippen LogP contribution in [0.15, 0.2) is 0 Å². The van der Waals surface area contributed by atoms with Gasteiger partial charge in [-0.3, -0.25) is 20.7 Å². The molecule has 1 amide bonds. The van der Waals surface area contributed by atoms with E-state index in [0.29, 0.717) is 15.5 Å². The van der Waals surface area contributed by atoms with Crippen LogP contribution in [0.2, 0.25) is 0 Å². The first-order valence-corrected chi connectivity index (χ1v) is 3.56. The zero-order valence-electron chi connectivity index (χ0n) is 4.75. The Morgan fingerprint density at radius 2 is 2.60 bits per heavy atom. The summed E-state index contributed by atoms with van der Waals surface area (Å²) in [4.78, 5) is 9.75. The van der Waals surface area contributed by atoms with Crippen molar-refractivity contribution in [3.05, 3.63) is 3.95 Å². The van der Waals surface area contributed by atoms with Gasteiger partial charge in [-0.25, -0.2) is 0 Å². The molecule has 0 atom stereocenters. The molecule has 54 valence electrons. The largest absolute Gasteiger partial charge is 0.277 e. The minimum Gasteiger partial charge on any atom is -0.277 e. The van der Waals surface area contributed by atoms with Gasteiger partial charge in [-0.15, -0.1) is 5.10 Å². The van der Waals surface area contributed by atoms with E-state index in [1.54, 1.807) is 0 Å². The molecule has 0 saturated heterocycles. The van der Waals surface area contributed by atoms with Crippen molar-refractivity contribution in [2.24, 2.45) is 0 Å². The molecule has 0 aliphatic carbocycles. The van der Waals surface area contributed by atoms with Gasteiger partial charge in [0.15, 0.2) is 3.95 Å². The highest BCUT2D eigenvalue weighted by Gasteiger charge is 1.91. The lowest BCUT2D eigenvalue weighted by molar-refractivity contribution is -0.109. The van der Waals surface area contributed by atoms with Crippen LogP contribution in [0.25, 0.3) is 0 Å². The van der Waals surface area contributed by atoms with Crippen LogP contribution >= 0.6 is 23.6 Å². The van der Waals surface area contributed by atoms with E-state index in [2.05, 4.69) is 21.0 Å². The number of aromatic amines is 1. The van der Waals surface area contributed by atoms with Crippen LogP contribution in [0.1, 0.15) is 0 Å². The molecule has 1 heterocycles. The number of aromatic nitrogens is 2. The molecular weight excluding hydrogens is 172 g/mol. The fourth-order valence-electron chi connectivity index (χ4n) is 0.375. The maximum atomic E-state index is 9.75. The third-order valence-electron chi connectivity index (χ3n) is 0.676. The van der Waals surface area contributed by atoms with Gasteiger partial charge in [-0.2, -0.15) is 0 Å². The molecule has 1 rings (SSSR count). The maximum absolute atomic E-state index is 9.75. The molecule has 0 aliphatic heterocycles. The highest BCUT2D eigenvalue weighted by molar-refractivity contribution is 7.73. The van der Waals surface area contributed by atoms with Crippen molar-refractivity contribution in [1.82, 2.24) is 15.6 Å². The van der Waals surface area contributed by atoms with Gasteiger partial charge in [0.05, 0.1) is 0 Å². The molecule has 1 aromatic rings. The highest BCUT2D eigenvalue weighted by Crippen LogP contribution is 2.08. The average Bonchev–Trinajstić information content (AvgIpc) is 2.31. The van der Waals surface area contributed by atoms with Crippen molar-refractivity contribution in [3.8, 4) is 0 Å². The molecule has 7 heteroatoms. The first-order chi connectivity index (χ1) is 4.83. The third-order valence-corrected chi connectivity index (χ3v) is 1.68. The van der Waals surface area contributed by atoms with Crippen molar-refractivity contribution in [2.45, 2.75) is 0 Å². The van der Waals surface area contributed by atoms with Gasteiger partial charge in [-0.1, -0.05) is 11.3 Å². The highest BCUT2D eigenvalue weighted by atomic mass is 32.1. The number of anilines is 1. The van der Waals surface area contributed by atoms with E-state index in [9.17, 15) is 4.79 Å². The predicted octanol–water partition coefficient (Wildman–Crippen LogP) is 0.274. The molecule has 0 bridgehead atoms. The van der Waals surface area contributed by atoms with Gasteiger partial charge in [0.25, 0.3) is 0 Å². The number of hydrazine groups is 1. The molecule has 10 heavy (non-hydrogen) atoms. The summed E-state index contributed by atoms with van der Waals surface area (Å²) in [7, 11) is 0. The first kappa shape index (κ1) is 7.16. The molecule has 0 spiro atoms. The summed E-state index contributed by atoms with van der Waals surface area (Å²) in [5.74, 6) is 0. The molecule has 0 aliphatic rings. The molecule has 0 fully saturated rings. The first-order valence-electron chi connectivity index (χ1n) is 2.33. The van der Waals surface area contributed by atoms with Gasteiger partial charge in [-0.05, 0) is 12.2 Å². The zero-order chi connectivity index (χ0) is 7.40. The monoisotopic (exact) mass is 176 g/mol. The van der Waals surface area contributed by atoms with Gasteiger partial charge in [0.1, 0.15) is 0 Å². The van der Waals surface area contributed by atoms with Crippen LogP contribution in [-0.4, -0.2) is 16.6 Å². The molecule has 1 aromatic heterocycles. The Balaban J connectivity index is 2.58. The van der Waals surface area contributed by atoms with E-state index in [1.165, 1.54) is 11.3 Å². The van der Waals surface area contributed by atoms with Crippen LogP contribution in [0.5, 0.6) is 0 Å². The second kappa shape index (κ2) is 3.28. The Kier molecular flexibility index (Phi) is 2.35. The summed E-state index contributed by atoms with van der Waals surface area (Å²) in [5.41, 5.74) is 4.74. The fraction of sp³-hybridized carbons (Fsp3) is 0. The van der Waals surface area contributed by atoms with Gasteiger partial charge >= 0.3 is 0 Å². The van der Waals surface area contributed by atoms with Crippen LogP contribution in [0.4, 0.5) is 5.13 Å². The third kappa shape index (κ3) is 1.78. The van der Waals surface area contributed by atoms with E-state index in [1.807, 2.05) is 0 Å². The summed E-state index contributed by atoms with van der Waals surface area (Å²) in [5, 5.41) is 6.79. The molecule has 3 N–H and O–H groups in total. The van der Waals surface area contributed by atoms with E-state index in [-0.39, 0.29) is 0 Å². The summed E-state index contributed by atoms with van der Waals surface area (Å²) in [6, 6.07) is 0. The lowest BCUT2D eigenvalue weighted by atomic mass is 11.2. The molecule has 0 saturated carbocycles. The predicted molar refractivity (Wildman–Crippen MR) is 40.1 cm³/mol. The summed E-state index contributed by atoms with van der Waals surface area (Å²) in [6.45, 7) is 0. The topological polar surface area (TPSA) is 69.8 Å². The van der Waals surface area contributed by atoms with Crippen molar-refractivity contribution in [3.63, 3.8) is 0 Å². The van der Waals surface area contributed by atoms with Crippen molar-refractivity contribution in [1.29, 1.82) is 0 Å². The summed E-state index contributed by atoms with van der Waals surface area (Å²) in [6.07, 6.45) is 0.518. The van der Waals surface area contributed by atoms with E-state index < -0.39 is 0 Å². The van der Waals surface area contributed by atoms with Crippen LogP contribution in [0, 0.1) is 3.95 Å². The van der Waals surface area contributed by atoms with Crippen molar-refractivity contribution < 1.29 is 4.79 Å². The second-order valence-electron chi connectivity index (χ2n) is 1.31. The molecule has 0 aromatic carbocycles. The number of amides is 1. The van der Waals surface area contributed by atoms with E-state index in [4.69, 9.17) is 12.2 Å². The quantitative estimate of drug-likeness (QED) is 0.351. The smallest absolute Gasteiger partial charge is 0.225 e. The Morgan fingerprint density at radius 3 is 3.10 bits per heavy atom. The molecular formula is C3H4N4OS2. The van der Waals surface area contributed by atoms with Gasteiger partial charge in [0, 0.05) is 0 Å². The van der Waals surface area contributed by atoms with E-state index >= 15 is 0 Å². The second-order valence-corrected chi connectivity index (χ2v) is 2.97. The van der Waals surface area contributed by atoms with Gasteiger partial charge < -0.3 is 0 Å². The summed E-state index contributed by atoms with van der Waals surface area (Å²) >= 11 is 5.97. The minimum atomic E-state index is 0.518. The Labute approximate surface area is 65.4 Å². The Morgan fingerprint density at radius 1 is 1.80 bits per heavy atom. The number of carbonyl (C=O) groups is 1. The standard InChI is InChI=1S/C3H4N4OS2/c8-1-4-5-2-6-7-3(9)10-2/h1H,(H,4,8)(H,5,6)(H,7,9). The number of nitrogens with zero attached hydrogens (tertiary/aromatic N) is 1. The fourth-order valence-corrected chi connectivity index (χ4v) is 1.13. The van der Waals surface area contributed by atoms with Gasteiger partial charge in [0.2, 0.25) is 11.5 Å². The SMILES string of the molecule is O=CNNc1n[nH]c(=S)s1. The number of hydrogen-bond acceptors (Lipinski definition) is 5. The number of carbonyl (C=O) groups excluding carboxylic acids is 1. The van der Waals surface area contributed by atoms with E-state index in [0.717, 1.165) is 0 Å². The maximum Gasteiger partial charge on any atom is 0.225 e. The van der Waals surface area contributed by atoms with Crippen molar-refractivity contribution >= 4 is 35.1 Å². The average molecular weight is 176 g/mol. The summed E-state index contributed by atoms with van der Waals surface area (Å²) < 4.78 is 0.565. The number of rotatable bonds is 3. The molecule has 0 unspecified atom stereocenters. The number of H-pyrrole nitrogens is 1. The van der Waals surface area contributed by atoms with Crippen LogP contribution in [-0.2, 0) is 4.79 Å². The zero-order valence-corrected chi connectivity index (χ0v) is 6.38. The van der Waals surface area contributed by atoms with Crippen molar-refractivity contribution in [2.75, 3.05) is 5.43 Å². The van der Waals surface area contributed by atoms with Crippen LogP contribution < -0.4 is 10.9 Å². The Hall–Kier alpha value is -0.950. The normalized spacial score (nSPS) is 8.80. The Bertz CT molecular complexity index is 265. The van der Waals surface area contributed by atoms with Crippen LogP contribution in [0.3, 0.4) is 0 Å². The number of hydrogen-bond donors (Lipinski definition) is 3. The molecule has 5 nitrogen and oxygen atoms in total. The molecule has 0 radical (unpaired) electrons. The minimum absolute atomic E-state index is 0.518. The number of nitrogens with one attached hydrogen (secondary N) is 3. The lowest BCUT2D eigenvalue weighted by Crippen LogP contribution is -2.18.